The average molecular weight is 508 g/mol. The maximum atomic E-state index is 14.1. The number of amides is 1. The molecule has 2 aromatic rings. The Balaban J connectivity index is 1.81. The first-order chi connectivity index (χ1) is 17.1. The fourth-order valence-electron chi connectivity index (χ4n) is 6.30. The van der Waals surface area contributed by atoms with E-state index in [1.807, 2.05) is 0 Å². The number of hydrogen-bond donors (Lipinski definition) is 1. The summed E-state index contributed by atoms with van der Waals surface area (Å²) in [5.74, 6) is 0.226. The number of aliphatic hydroxyl groups excluding tert-OH is 1. The number of carbonyl (C=O) groups excluding carboxylic acids is 1. The van der Waals surface area contributed by atoms with E-state index in [2.05, 4.69) is 100 Å². The van der Waals surface area contributed by atoms with Crippen LogP contribution in [0.15, 0.2) is 60.7 Å². The predicted octanol–water partition coefficient (Wildman–Crippen LogP) is 5.82. The molecule has 1 aliphatic carbocycles. The van der Waals surface area contributed by atoms with Crippen LogP contribution >= 0.6 is 0 Å². The molecule has 1 saturated carbocycles. The molecule has 2 fully saturated rings. The van der Waals surface area contributed by atoms with Crippen LogP contribution in [0, 0.1) is 11.3 Å². The van der Waals surface area contributed by atoms with E-state index in [4.69, 9.17) is 4.43 Å². The molecule has 0 radical (unpaired) electrons. The third kappa shape index (κ3) is 5.48. The van der Waals surface area contributed by atoms with E-state index in [0.29, 0.717) is 6.54 Å². The van der Waals surface area contributed by atoms with Crippen LogP contribution in [0.5, 0.6) is 0 Å². The molecule has 0 bridgehead atoms. The zero-order valence-corrected chi connectivity index (χ0v) is 24.3. The highest BCUT2D eigenvalue weighted by Crippen LogP contribution is 2.53. The van der Waals surface area contributed by atoms with E-state index in [-0.39, 0.29) is 29.0 Å². The van der Waals surface area contributed by atoms with E-state index in [0.717, 1.165) is 49.7 Å². The molecular formula is C31H45NO3Si. The third-order valence-corrected chi connectivity index (χ3v) is 9.75. The van der Waals surface area contributed by atoms with E-state index in [9.17, 15) is 9.90 Å². The van der Waals surface area contributed by atoms with Gasteiger partial charge in [-0.1, -0.05) is 95.3 Å². The molecule has 1 amide bonds. The molecule has 4 nitrogen and oxygen atoms in total. The van der Waals surface area contributed by atoms with Gasteiger partial charge in [0, 0.05) is 18.5 Å². The van der Waals surface area contributed by atoms with Gasteiger partial charge in [-0.2, -0.15) is 0 Å². The molecule has 5 heteroatoms. The zero-order chi connectivity index (χ0) is 26.0. The molecular weight excluding hydrogens is 462 g/mol. The van der Waals surface area contributed by atoms with Gasteiger partial charge < -0.3 is 14.4 Å². The second kappa shape index (κ2) is 10.8. The van der Waals surface area contributed by atoms with Crippen molar-refractivity contribution in [1.82, 2.24) is 4.90 Å². The zero-order valence-electron chi connectivity index (χ0n) is 22.9. The maximum Gasteiger partial charge on any atom is 0.228 e. The monoisotopic (exact) mass is 507 g/mol. The first-order valence-electron chi connectivity index (χ1n) is 13.8. The van der Waals surface area contributed by atoms with Gasteiger partial charge in [0.1, 0.15) is 5.60 Å². The van der Waals surface area contributed by atoms with E-state index < -0.39 is 20.8 Å². The Hall–Kier alpha value is -1.95. The molecule has 1 N–H and O–H groups in total. The van der Waals surface area contributed by atoms with Gasteiger partial charge in [-0.25, -0.2) is 0 Å². The number of likely N-dealkylation sites (tertiary alicyclic amines) is 1. The van der Waals surface area contributed by atoms with Gasteiger partial charge >= 0.3 is 0 Å². The van der Waals surface area contributed by atoms with Crippen LogP contribution in [-0.4, -0.2) is 44.4 Å². The van der Waals surface area contributed by atoms with E-state index >= 15 is 0 Å². The first kappa shape index (κ1) is 27.1. The summed E-state index contributed by atoms with van der Waals surface area (Å²) in [5.41, 5.74) is 1.02. The lowest BCUT2D eigenvalue weighted by Crippen LogP contribution is -2.48. The molecule has 36 heavy (non-hydrogen) atoms. The van der Waals surface area contributed by atoms with Crippen LogP contribution in [0.4, 0.5) is 0 Å². The molecule has 1 unspecified atom stereocenters. The van der Waals surface area contributed by atoms with Crippen molar-refractivity contribution in [3.63, 3.8) is 0 Å². The number of rotatable bonds is 6. The van der Waals surface area contributed by atoms with Crippen LogP contribution in [0.2, 0.25) is 5.04 Å². The summed E-state index contributed by atoms with van der Waals surface area (Å²) in [7, 11) is -0.955. The minimum absolute atomic E-state index is 0.0202. The summed E-state index contributed by atoms with van der Waals surface area (Å²) in [6.07, 6.45) is 5.35. The number of hydrogen-bond acceptors (Lipinski definition) is 3. The van der Waals surface area contributed by atoms with Gasteiger partial charge in [-0.3, -0.25) is 4.79 Å². The molecule has 1 saturated heterocycles. The average Bonchev–Trinajstić information content (AvgIpc) is 3.07. The minimum atomic E-state index is -0.955. The Bertz CT molecular complexity index is 952. The largest absolute Gasteiger partial charge is 0.410 e. The normalized spacial score (nSPS) is 25.8. The molecule has 1 aliphatic heterocycles. The number of aliphatic hydroxyl groups is 1. The molecule has 0 aromatic heterocycles. The Labute approximate surface area is 220 Å². The van der Waals surface area contributed by atoms with Crippen LogP contribution in [0.1, 0.15) is 84.3 Å². The Morgan fingerprint density at radius 2 is 1.39 bits per heavy atom. The Morgan fingerprint density at radius 1 is 0.889 bits per heavy atom. The van der Waals surface area contributed by atoms with Crippen molar-refractivity contribution in [2.24, 2.45) is 11.3 Å². The number of benzene rings is 2. The van der Waals surface area contributed by atoms with Gasteiger partial charge in [-0.05, 0) is 54.7 Å². The summed E-state index contributed by atoms with van der Waals surface area (Å²) in [4.78, 5) is 16.3. The van der Waals surface area contributed by atoms with Gasteiger partial charge in [0.05, 0.1) is 11.5 Å². The second-order valence-corrected chi connectivity index (χ2v) is 15.4. The lowest BCUT2D eigenvalue weighted by Gasteiger charge is -2.46. The van der Waals surface area contributed by atoms with Gasteiger partial charge in [-0.15, -0.1) is 0 Å². The van der Waals surface area contributed by atoms with Crippen molar-refractivity contribution in [1.29, 1.82) is 0 Å². The first-order valence-corrected chi connectivity index (χ1v) is 15.1. The lowest BCUT2D eigenvalue weighted by atomic mass is 9.66. The molecule has 2 aliphatic rings. The molecule has 1 atom stereocenters. The summed E-state index contributed by atoms with van der Waals surface area (Å²) in [6.45, 7) is 11.8. The fourth-order valence-corrected chi connectivity index (χ4v) is 7.49. The van der Waals surface area contributed by atoms with Crippen LogP contribution < -0.4 is 0 Å². The maximum absolute atomic E-state index is 14.1. The van der Waals surface area contributed by atoms with Crippen molar-refractivity contribution < 1.29 is 14.3 Å². The van der Waals surface area contributed by atoms with Crippen molar-refractivity contribution >= 4 is 15.7 Å². The van der Waals surface area contributed by atoms with Gasteiger partial charge in [0.2, 0.25) is 5.91 Å². The summed E-state index contributed by atoms with van der Waals surface area (Å²) < 4.78 is 7.26. The van der Waals surface area contributed by atoms with E-state index in [1.165, 1.54) is 0 Å². The second-order valence-electron chi connectivity index (χ2n) is 12.7. The molecule has 0 spiro atoms. The summed E-state index contributed by atoms with van der Waals surface area (Å²) in [6, 6.07) is 21.5. The Morgan fingerprint density at radius 3 is 1.86 bits per heavy atom. The smallest absolute Gasteiger partial charge is 0.228 e. The van der Waals surface area contributed by atoms with Crippen LogP contribution in [0.3, 0.4) is 0 Å². The summed E-state index contributed by atoms with van der Waals surface area (Å²) in [5, 5.41) is 10.2. The highest BCUT2D eigenvalue weighted by Gasteiger charge is 2.59. The van der Waals surface area contributed by atoms with Gasteiger partial charge in [0.15, 0.2) is 9.76 Å². The van der Waals surface area contributed by atoms with E-state index in [1.54, 1.807) is 0 Å². The number of nitrogens with zero attached hydrogens (tertiary/aromatic N) is 1. The summed E-state index contributed by atoms with van der Waals surface area (Å²) >= 11 is 0. The predicted molar refractivity (Wildman–Crippen MR) is 149 cm³/mol. The third-order valence-electron chi connectivity index (χ3n) is 8.28. The standard InChI is InChI=1S/C31H45NO3Si/c1-29(2,3)36-35-31(23-14-8-6-9-15-23,24-16-10-7-11-17-24)27-22-32(28(34)30(27,4)5)25-18-12-20-26(33)21-13-19-25/h6-11,14-17,25-27,33H,12-13,18-22,36H2,1-5H3. The highest BCUT2D eigenvalue weighted by atomic mass is 28.2. The molecule has 2 aromatic carbocycles. The topological polar surface area (TPSA) is 49.8 Å². The number of carbonyl (C=O) groups is 1. The molecule has 196 valence electrons. The van der Waals surface area contributed by atoms with Crippen molar-refractivity contribution in [2.45, 2.75) is 95.9 Å². The molecule has 1 heterocycles. The highest BCUT2D eigenvalue weighted by molar-refractivity contribution is 6.32. The van der Waals surface area contributed by atoms with Crippen molar-refractivity contribution in [3.8, 4) is 0 Å². The fraction of sp³-hybridized carbons (Fsp3) is 0.581. The van der Waals surface area contributed by atoms with Crippen molar-refractivity contribution in [2.75, 3.05) is 6.54 Å². The van der Waals surface area contributed by atoms with Crippen LogP contribution in [-0.2, 0) is 14.8 Å². The minimum Gasteiger partial charge on any atom is -0.410 e. The Kier molecular flexibility index (Phi) is 8.13. The molecule has 4 rings (SSSR count). The van der Waals surface area contributed by atoms with Crippen LogP contribution in [0.25, 0.3) is 0 Å². The quantitative estimate of drug-likeness (QED) is 0.502. The SMILES string of the molecule is CC(C)(C)[SiH2]OC(c1ccccc1)(c1ccccc1)C1CN(C2CCCC(O)CCC2)C(=O)C1(C)C. The van der Waals surface area contributed by atoms with Crippen molar-refractivity contribution in [3.05, 3.63) is 71.8 Å². The van der Waals surface area contributed by atoms with Gasteiger partial charge in [0.25, 0.3) is 0 Å². The lowest BCUT2D eigenvalue weighted by molar-refractivity contribution is -0.138.